The Kier molecular flexibility index (Phi) is 7.59. The first-order chi connectivity index (χ1) is 11.2. The summed E-state index contributed by atoms with van der Waals surface area (Å²) < 4.78 is 10.9. The summed E-state index contributed by atoms with van der Waals surface area (Å²) in [4.78, 5) is 11.9. The lowest BCUT2D eigenvalue weighted by Crippen LogP contribution is -2.38. The number of ether oxygens (including phenoxy) is 2. The minimum Gasteiger partial charge on any atom is -0.496 e. The van der Waals surface area contributed by atoms with Crippen molar-refractivity contribution < 1.29 is 14.3 Å². The maximum absolute atomic E-state index is 11.9. The number of benzene rings is 1. The number of amides is 1. The van der Waals surface area contributed by atoms with Gasteiger partial charge in [-0.25, -0.2) is 4.79 Å². The summed E-state index contributed by atoms with van der Waals surface area (Å²) in [6.07, 6.45) is 3.76. The summed E-state index contributed by atoms with van der Waals surface area (Å²) in [6.45, 7) is 11.9. The second-order valence-corrected chi connectivity index (χ2v) is 7.45. The van der Waals surface area contributed by atoms with Crippen LogP contribution in [0, 0.1) is 6.92 Å². The van der Waals surface area contributed by atoms with Crippen molar-refractivity contribution in [2.75, 3.05) is 7.11 Å². The Labute approximate surface area is 146 Å². The summed E-state index contributed by atoms with van der Waals surface area (Å²) in [5.41, 5.74) is 3.24. The van der Waals surface area contributed by atoms with E-state index < -0.39 is 5.60 Å². The van der Waals surface area contributed by atoms with Crippen LogP contribution in [-0.4, -0.2) is 24.8 Å². The zero-order chi connectivity index (χ0) is 18.3. The Bertz CT molecular complexity index is 547. The number of rotatable bonds is 7. The van der Waals surface area contributed by atoms with E-state index in [4.69, 9.17) is 9.47 Å². The molecule has 0 saturated heterocycles. The van der Waals surface area contributed by atoms with Gasteiger partial charge in [-0.2, -0.15) is 0 Å². The van der Waals surface area contributed by atoms with Crippen molar-refractivity contribution in [1.82, 2.24) is 5.32 Å². The second kappa shape index (κ2) is 8.95. The fourth-order valence-corrected chi connectivity index (χ4v) is 2.67. The molecule has 0 aliphatic carbocycles. The molecule has 0 aliphatic rings. The Morgan fingerprint density at radius 1 is 1.25 bits per heavy atom. The summed E-state index contributed by atoms with van der Waals surface area (Å²) in [6, 6.07) is 4.28. The van der Waals surface area contributed by atoms with Crippen LogP contribution in [0.4, 0.5) is 4.79 Å². The van der Waals surface area contributed by atoms with Crippen LogP contribution in [0.5, 0.6) is 5.75 Å². The van der Waals surface area contributed by atoms with Gasteiger partial charge in [0.2, 0.25) is 0 Å². The average Bonchev–Trinajstić information content (AvgIpc) is 2.44. The molecule has 0 heterocycles. The molecule has 0 spiro atoms. The van der Waals surface area contributed by atoms with Crippen molar-refractivity contribution >= 4 is 6.09 Å². The van der Waals surface area contributed by atoms with E-state index in [1.54, 1.807) is 7.11 Å². The highest BCUT2D eigenvalue weighted by atomic mass is 16.6. The lowest BCUT2D eigenvalue weighted by Gasteiger charge is -2.22. The number of carbonyl (C=O) groups is 1. The molecule has 1 aromatic carbocycles. The van der Waals surface area contributed by atoms with E-state index in [1.165, 1.54) is 24.0 Å². The first kappa shape index (κ1) is 20.3. The molecule has 0 unspecified atom stereocenters. The Balaban J connectivity index is 2.79. The highest BCUT2D eigenvalue weighted by Gasteiger charge is 2.19. The number of hydrogen-bond acceptors (Lipinski definition) is 3. The van der Waals surface area contributed by atoms with Crippen LogP contribution in [0.15, 0.2) is 12.1 Å². The van der Waals surface area contributed by atoms with Crippen molar-refractivity contribution in [3.63, 3.8) is 0 Å². The number of aryl methyl sites for hydroxylation is 2. The molecule has 24 heavy (non-hydrogen) atoms. The number of unbranched alkanes of at least 4 members (excludes halogenated alkanes) is 1. The van der Waals surface area contributed by atoms with Crippen molar-refractivity contribution in [2.24, 2.45) is 0 Å². The van der Waals surface area contributed by atoms with Crippen LogP contribution in [-0.2, 0) is 17.6 Å². The number of nitrogens with one attached hydrogen (secondary N) is 1. The monoisotopic (exact) mass is 335 g/mol. The van der Waals surface area contributed by atoms with Gasteiger partial charge in [-0.1, -0.05) is 19.4 Å². The highest BCUT2D eigenvalue weighted by molar-refractivity contribution is 5.68. The number of carbonyl (C=O) groups excluding carboxylic acids is 1. The molecule has 0 saturated carbocycles. The maximum Gasteiger partial charge on any atom is 0.407 e. The maximum atomic E-state index is 11.9. The van der Waals surface area contributed by atoms with Crippen molar-refractivity contribution in [2.45, 2.75) is 78.9 Å². The van der Waals surface area contributed by atoms with Crippen LogP contribution < -0.4 is 10.1 Å². The van der Waals surface area contributed by atoms with E-state index in [2.05, 4.69) is 31.3 Å². The molecule has 1 N–H and O–H groups in total. The summed E-state index contributed by atoms with van der Waals surface area (Å²) >= 11 is 0. The summed E-state index contributed by atoms with van der Waals surface area (Å²) in [5, 5.41) is 2.89. The smallest absolute Gasteiger partial charge is 0.407 e. The molecule has 0 bridgehead atoms. The van der Waals surface area contributed by atoms with Crippen molar-refractivity contribution in [3.8, 4) is 5.75 Å². The second-order valence-electron chi connectivity index (χ2n) is 7.45. The highest BCUT2D eigenvalue weighted by Crippen LogP contribution is 2.26. The fourth-order valence-electron chi connectivity index (χ4n) is 2.67. The summed E-state index contributed by atoms with van der Waals surface area (Å²) in [5.74, 6) is 0.893. The lowest BCUT2D eigenvalue weighted by atomic mass is 9.96. The Hall–Kier alpha value is -1.71. The predicted molar refractivity (Wildman–Crippen MR) is 98.9 cm³/mol. The number of methoxy groups -OCH3 is 1. The van der Waals surface area contributed by atoms with Gasteiger partial charge in [0, 0.05) is 6.04 Å². The first-order valence-electron chi connectivity index (χ1n) is 8.82. The molecule has 1 aromatic rings. The topological polar surface area (TPSA) is 47.6 Å². The molecule has 0 aliphatic heterocycles. The molecule has 1 amide bonds. The largest absolute Gasteiger partial charge is 0.496 e. The van der Waals surface area contributed by atoms with Gasteiger partial charge in [0.25, 0.3) is 0 Å². The zero-order valence-electron chi connectivity index (χ0n) is 16.3. The third-order valence-corrected chi connectivity index (χ3v) is 3.83. The van der Waals surface area contributed by atoms with E-state index in [-0.39, 0.29) is 12.1 Å². The molecule has 0 radical (unpaired) electrons. The third-order valence-electron chi connectivity index (χ3n) is 3.83. The van der Waals surface area contributed by atoms with Gasteiger partial charge >= 0.3 is 6.09 Å². The lowest BCUT2D eigenvalue weighted by molar-refractivity contribution is 0.0508. The van der Waals surface area contributed by atoms with Crippen LogP contribution in [0.2, 0.25) is 0 Å². The Morgan fingerprint density at radius 3 is 2.46 bits per heavy atom. The van der Waals surface area contributed by atoms with E-state index in [9.17, 15) is 4.79 Å². The van der Waals surface area contributed by atoms with E-state index in [0.717, 1.165) is 17.7 Å². The molecule has 0 fully saturated rings. The van der Waals surface area contributed by atoms with Crippen LogP contribution in [0.3, 0.4) is 0 Å². The Morgan fingerprint density at radius 2 is 1.92 bits per heavy atom. The standard InChI is InChI=1S/C20H33NO3/c1-8-9-10-16-13-18(23-7)17(11-14(16)2)12-15(3)21-19(22)24-20(4,5)6/h11,13,15H,8-10,12H2,1-7H3,(H,21,22)/t15-/m0/s1. The molecular formula is C20H33NO3. The minimum atomic E-state index is -0.487. The molecule has 4 heteroatoms. The average molecular weight is 335 g/mol. The van der Waals surface area contributed by atoms with Crippen LogP contribution >= 0.6 is 0 Å². The molecule has 1 rings (SSSR count). The third kappa shape index (κ3) is 6.81. The molecule has 136 valence electrons. The number of hydrogen-bond donors (Lipinski definition) is 1. The summed E-state index contributed by atoms with van der Waals surface area (Å²) in [7, 11) is 1.70. The molecule has 0 aromatic heterocycles. The molecule has 4 nitrogen and oxygen atoms in total. The normalized spacial score (nSPS) is 12.6. The van der Waals surface area contributed by atoms with Gasteiger partial charge in [-0.05, 0) is 76.6 Å². The van der Waals surface area contributed by atoms with Gasteiger partial charge in [-0.15, -0.1) is 0 Å². The molecular weight excluding hydrogens is 302 g/mol. The molecule has 1 atom stereocenters. The van der Waals surface area contributed by atoms with Crippen molar-refractivity contribution in [3.05, 3.63) is 28.8 Å². The van der Waals surface area contributed by atoms with Gasteiger partial charge in [0.15, 0.2) is 0 Å². The van der Waals surface area contributed by atoms with Gasteiger partial charge in [-0.3, -0.25) is 0 Å². The van der Waals surface area contributed by atoms with Gasteiger partial charge < -0.3 is 14.8 Å². The SMILES string of the molecule is CCCCc1cc(OC)c(C[C@H](C)NC(=O)OC(C)(C)C)cc1C. The minimum absolute atomic E-state index is 0.0327. The fraction of sp³-hybridized carbons (Fsp3) is 0.650. The van der Waals surface area contributed by atoms with Crippen LogP contribution in [0.25, 0.3) is 0 Å². The predicted octanol–water partition coefficient (Wildman–Crippen LogP) is 4.80. The van der Waals surface area contributed by atoms with Crippen LogP contribution in [0.1, 0.15) is 64.2 Å². The van der Waals surface area contributed by atoms with E-state index in [0.29, 0.717) is 6.42 Å². The first-order valence-corrected chi connectivity index (χ1v) is 8.82. The van der Waals surface area contributed by atoms with E-state index in [1.807, 2.05) is 27.7 Å². The van der Waals surface area contributed by atoms with E-state index >= 15 is 0 Å². The quantitative estimate of drug-likeness (QED) is 0.778. The number of alkyl carbamates (subject to hydrolysis) is 1. The zero-order valence-corrected chi connectivity index (χ0v) is 16.3. The van der Waals surface area contributed by atoms with Gasteiger partial charge in [0.05, 0.1) is 7.11 Å². The van der Waals surface area contributed by atoms with Crippen molar-refractivity contribution in [1.29, 1.82) is 0 Å². The van der Waals surface area contributed by atoms with Gasteiger partial charge in [0.1, 0.15) is 11.4 Å².